The molecule has 1 aromatic rings. The van der Waals surface area contributed by atoms with Crippen molar-refractivity contribution < 1.29 is 9.53 Å². The Labute approximate surface area is 114 Å². The Morgan fingerprint density at radius 3 is 2.63 bits per heavy atom. The fourth-order valence-electron chi connectivity index (χ4n) is 1.60. The van der Waals surface area contributed by atoms with Gasteiger partial charge in [0.05, 0.1) is 7.11 Å². The third kappa shape index (κ3) is 3.81. The Bertz CT molecular complexity index is 460. The second kappa shape index (κ2) is 5.86. The number of esters is 1. The summed E-state index contributed by atoms with van der Waals surface area (Å²) in [5, 5.41) is 3.08. The largest absolute Gasteiger partial charge is 0.467 e. The summed E-state index contributed by atoms with van der Waals surface area (Å²) in [4.78, 5) is 22.3. The van der Waals surface area contributed by atoms with Crippen LogP contribution in [0.5, 0.6) is 0 Å². The molecule has 19 heavy (non-hydrogen) atoms. The number of nitrogens with one attached hydrogen (secondary N) is 1. The number of nitrogens with zero attached hydrogens (tertiary/aromatic N) is 3. The van der Waals surface area contributed by atoms with Gasteiger partial charge >= 0.3 is 5.97 Å². The molecular formula is C13H22N4O2. The van der Waals surface area contributed by atoms with Crippen LogP contribution in [0, 0.1) is 6.92 Å². The first-order chi connectivity index (χ1) is 8.80. The number of hydrogen-bond donors (Lipinski definition) is 1. The average Bonchev–Trinajstić information content (AvgIpc) is 2.35. The first-order valence-corrected chi connectivity index (χ1v) is 6.23. The molecule has 0 fully saturated rings. The third-order valence-electron chi connectivity index (χ3n) is 2.83. The highest BCUT2D eigenvalue weighted by atomic mass is 16.5. The van der Waals surface area contributed by atoms with E-state index >= 15 is 0 Å². The highest BCUT2D eigenvalue weighted by molar-refractivity contribution is 5.83. The van der Waals surface area contributed by atoms with Gasteiger partial charge in [-0.05, 0) is 27.7 Å². The normalized spacial score (nSPS) is 11.1. The van der Waals surface area contributed by atoms with Gasteiger partial charge in [-0.2, -0.15) is 0 Å². The number of anilines is 2. The monoisotopic (exact) mass is 266 g/mol. The van der Waals surface area contributed by atoms with Crippen molar-refractivity contribution in [2.75, 3.05) is 30.9 Å². The number of aromatic nitrogens is 2. The number of aryl methyl sites for hydroxylation is 1. The van der Waals surface area contributed by atoms with Gasteiger partial charge in [-0.1, -0.05) is 0 Å². The standard InChI is InChI=1S/C13H22N4O2/c1-7-17(5)11-8-10(14-9(2)15-11)16-13(3,4)12(18)19-6/h8H,7H2,1-6H3,(H,14,15,16). The molecule has 0 amide bonds. The van der Waals surface area contributed by atoms with Crippen molar-refractivity contribution in [1.29, 1.82) is 0 Å². The first kappa shape index (κ1) is 15.2. The van der Waals surface area contributed by atoms with E-state index in [2.05, 4.69) is 15.3 Å². The molecule has 0 saturated carbocycles. The molecule has 0 radical (unpaired) electrons. The van der Waals surface area contributed by atoms with Crippen LogP contribution in [0.15, 0.2) is 6.07 Å². The average molecular weight is 266 g/mol. The summed E-state index contributed by atoms with van der Waals surface area (Å²) in [6, 6.07) is 1.82. The van der Waals surface area contributed by atoms with Crippen molar-refractivity contribution in [2.45, 2.75) is 33.2 Å². The molecule has 0 saturated heterocycles. The molecule has 0 spiro atoms. The lowest BCUT2D eigenvalue weighted by Crippen LogP contribution is -2.41. The summed E-state index contributed by atoms with van der Waals surface area (Å²) in [6.45, 7) is 8.21. The van der Waals surface area contributed by atoms with E-state index in [4.69, 9.17) is 4.74 Å². The Hall–Kier alpha value is -1.85. The zero-order chi connectivity index (χ0) is 14.6. The molecule has 106 valence electrons. The Balaban J connectivity index is 3.02. The van der Waals surface area contributed by atoms with Crippen LogP contribution in [-0.4, -0.2) is 42.2 Å². The van der Waals surface area contributed by atoms with E-state index in [1.807, 2.05) is 31.9 Å². The van der Waals surface area contributed by atoms with Crippen molar-refractivity contribution in [2.24, 2.45) is 0 Å². The summed E-state index contributed by atoms with van der Waals surface area (Å²) in [6.07, 6.45) is 0. The predicted octanol–water partition coefficient (Wildman–Crippen LogP) is 1.60. The molecule has 0 aromatic carbocycles. The van der Waals surface area contributed by atoms with E-state index in [9.17, 15) is 4.79 Å². The molecule has 1 N–H and O–H groups in total. The van der Waals surface area contributed by atoms with Gasteiger partial charge in [-0.3, -0.25) is 0 Å². The third-order valence-corrected chi connectivity index (χ3v) is 2.83. The van der Waals surface area contributed by atoms with Crippen LogP contribution in [0.3, 0.4) is 0 Å². The summed E-state index contributed by atoms with van der Waals surface area (Å²) in [5.41, 5.74) is -0.836. The van der Waals surface area contributed by atoms with E-state index in [0.717, 1.165) is 12.4 Å². The minimum atomic E-state index is -0.836. The molecule has 0 aliphatic heterocycles. The second-order valence-corrected chi connectivity index (χ2v) is 4.91. The Morgan fingerprint density at radius 1 is 1.47 bits per heavy atom. The molecule has 0 aliphatic carbocycles. The number of methoxy groups -OCH3 is 1. The summed E-state index contributed by atoms with van der Waals surface area (Å²) in [5.74, 6) is 1.74. The maximum Gasteiger partial charge on any atom is 0.330 e. The van der Waals surface area contributed by atoms with E-state index < -0.39 is 5.54 Å². The molecule has 1 rings (SSSR count). The van der Waals surface area contributed by atoms with Gasteiger partial charge in [0, 0.05) is 19.7 Å². The minimum absolute atomic E-state index is 0.339. The van der Waals surface area contributed by atoms with Gasteiger partial charge in [0.25, 0.3) is 0 Å². The quantitative estimate of drug-likeness (QED) is 0.817. The van der Waals surface area contributed by atoms with Crippen molar-refractivity contribution in [3.63, 3.8) is 0 Å². The lowest BCUT2D eigenvalue weighted by Gasteiger charge is -2.25. The molecule has 1 heterocycles. The SMILES string of the molecule is CCN(C)c1cc(NC(C)(C)C(=O)OC)nc(C)n1. The van der Waals surface area contributed by atoms with Gasteiger partial charge in [-0.15, -0.1) is 0 Å². The van der Waals surface area contributed by atoms with Crippen molar-refractivity contribution in [1.82, 2.24) is 9.97 Å². The van der Waals surface area contributed by atoms with E-state index in [1.165, 1.54) is 7.11 Å². The van der Waals surface area contributed by atoms with Gasteiger partial charge in [-0.25, -0.2) is 14.8 Å². The first-order valence-electron chi connectivity index (χ1n) is 6.23. The van der Waals surface area contributed by atoms with Crippen LogP contribution in [-0.2, 0) is 9.53 Å². The number of ether oxygens (including phenoxy) is 1. The van der Waals surface area contributed by atoms with Gasteiger partial charge in [0.2, 0.25) is 0 Å². The summed E-state index contributed by atoms with van der Waals surface area (Å²) < 4.78 is 4.76. The zero-order valence-electron chi connectivity index (χ0n) is 12.4. The molecule has 0 atom stereocenters. The molecule has 6 heteroatoms. The highest BCUT2D eigenvalue weighted by Gasteiger charge is 2.29. The number of carbonyl (C=O) groups excluding carboxylic acids is 1. The maximum absolute atomic E-state index is 11.7. The fourth-order valence-corrected chi connectivity index (χ4v) is 1.60. The maximum atomic E-state index is 11.7. The van der Waals surface area contributed by atoms with Gasteiger partial charge in [0.1, 0.15) is 23.0 Å². The topological polar surface area (TPSA) is 67.4 Å². The van der Waals surface area contributed by atoms with Crippen molar-refractivity contribution >= 4 is 17.6 Å². The lowest BCUT2D eigenvalue weighted by molar-refractivity contribution is -0.144. The van der Waals surface area contributed by atoms with Gasteiger partial charge < -0.3 is 15.0 Å². The highest BCUT2D eigenvalue weighted by Crippen LogP contribution is 2.19. The lowest BCUT2D eigenvalue weighted by atomic mass is 10.1. The van der Waals surface area contributed by atoms with Crippen LogP contribution in [0.4, 0.5) is 11.6 Å². The Morgan fingerprint density at radius 2 is 2.11 bits per heavy atom. The summed E-state index contributed by atoms with van der Waals surface area (Å²) in [7, 11) is 3.32. The summed E-state index contributed by atoms with van der Waals surface area (Å²) >= 11 is 0. The molecule has 0 aliphatic rings. The molecular weight excluding hydrogens is 244 g/mol. The van der Waals surface area contributed by atoms with Crippen LogP contribution in [0.1, 0.15) is 26.6 Å². The molecule has 0 unspecified atom stereocenters. The van der Waals surface area contributed by atoms with Crippen LogP contribution in [0.25, 0.3) is 0 Å². The van der Waals surface area contributed by atoms with E-state index in [1.54, 1.807) is 13.8 Å². The van der Waals surface area contributed by atoms with Crippen molar-refractivity contribution in [3.05, 3.63) is 11.9 Å². The predicted molar refractivity (Wildman–Crippen MR) is 75.4 cm³/mol. The molecule has 6 nitrogen and oxygen atoms in total. The van der Waals surface area contributed by atoms with Crippen molar-refractivity contribution in [3.8, 4) is 0 Å². The smallest absolute Gasteiger partial charge is 0.330 e. The van der Waals surface area contributed by atoms with Crippen LogP contribution < -0.4 is 10.2 Å². The minimum Gasteiger partial charge on any atom is -0.467 e. The van der Waals surface area contributed by atoms with Crippen LogP contribution in [0.2, 0.25) is 0 Å². The molecule has 0 bridgehead atoms. The molecule has 1 aromatic heterocycles. The second-order valence-electron chi connectivity index (χ2n) is 4.91. The van der Waals surface area contributed by atoms with Crippen LogP contribution >= 0.6 is 0 Å². The van der Waals surface area contributed by atoms with E-state index in [-0.39, 0.29) is 5.97 Å². The zero-order valence-corrected chi connectivity index (χ0v) is 12.4. The number of carbonyl (C=O) groups is 1. The van der Waals surface area contributed by atoms with Gasteiger partial charge in [0.15, 0.2) is 0 Å². The number of rotatable bonds is 5. The Kier molecular flexibility index (Phi) is 4.69. The fraction of sp³-hybridized carbons (Fsp3) is 0.615. The number of hydrogen-bond acceptors (Lipinski definition) is 6. The van der Waals surface area contributed by atoms with E-state index in [0.29, 0.717) is 11.6 Å².